The largest absolute Gasteiger partial charge is 0.480 e. The Morgan fingerprint density at radius 2 is 1.47 bits per heavy atom. The molecule has 4 fully saturated rings. The Bertz CT molecular complexity index is 2340. The molecule has 2 aliphatic carbocycles. The lowest BCUT2D eigenvalue weighted by atomic mass is 9.80. The van der Waals surface area contributed by atoms with Gasteiger partial charge in [-0.3, -0.25) is 24.2 Å². The number of aliphatic carboxylic acids is 2. The highest BCUT2D eigenvalue weighted by molar-refractivity contribution is 5.92. The number of hydrogen-bond acceptors (Lipinski definition) is 21. The Morgan fingerprint density at radius 1 is 0.776 bits per heavy atom. The predicted molar refractivity (Wildman–Crippen MR) is 254 cm³/mol. The highest BCUT2D eigenvalue weighted by Crippen LogP contribution is 2.38. The molecule has 0 bridgehead atoms. The van der Waals surface area contributed by atoms with Crippen molar-refractivity contribution in [1.29, 1.82) is 0 Å². The van der Waals surface area contributed by atoms with E-state index in [4.69, 9.17) is 43.0 Å². The van der Waals surface area contributed by atoms with Crippen LogP contribution < -0.4 is 27.2 Å². The van der Waals surface area contributed by atoms with E-state index >= 15 is 0 Å². The van der Waals surface area contributed by atoms with Gasteiger partial charge in [0.15, 0.2) is 24.8 Å². The highest BCUT2D eigenvalue weighted by atomic mass is 16.7. The second-order valence-electron chi connectivity index (χ2n) is 19.0. The number of aliphatic hydroxyl groups is 5. The molecule has 2 aromatic rings. The van der Waals surface area contributed by atoms with Gasteiger partial charge in [-0.1, -0.05) is 50.3 Å². The van der Waals surface area contributed by atoms with Crippen LogP contribution in [0.2, 0.25) is 0 Å². The van der Waals surface area contributed by atoms with Gasteiger partial charge in [0.25, 0.3) is 11.5 Å². The maximum absolute atomic E-state index is 14.2. The Kier molecular flexibility index (Phi) is 22.4. The number of H-pyrrole nitrogens is 2. The van der Waals surface area contributed by atoms with E-state index in [9.17, 15) is 69.0 Å². The van der Waals surface area contributed by atoms with Crippen LogP contribution in [0.15, 0.2) is 46.0 Å². The van der Waals surface area contributed by atoms with Crippen molar-refractivity contribution in [1.82, 2.24) is 25.9 Å². The number of aromatic amines is 2. The van der Waals surface area contributed by atoms with Gasteiger partial charge in [0.2, 0.25) is 11.8 Å². The summed E-state index contributed by atoms with van der Waals surface area (Å²) < 4.78 is 47.1. The Morgan fingerprint density at radius 3 is 2.14 bits per heavy atom. The molecule has 28 nitrogen and oxygen atoms in total. The third-order valence-corrected chi connectivity index (χ3v) is 13.4. The summed E-state index contributed by atoms with van der Waals surface area (Å²) in [4.78, 5) is 107. The number of carboxylic acid groups (broad SMARTS) is 2. The number of amides is 3. The molecule has 15 atom stereocenters. The van der Waals surface area contributed by atoms with Gasteiger partial charge in [-0.05, 0) is 44.2 Å². The number of aliphatic hydroxyl groups excluding tert-OH is 5. The van der Waals surface area contributed by atoms with E-state index in [2.05, 4.69) is 20.9 Å². The minimum Gasteiger partial charge on any atom is -0.480 e. The van der Waals surface area contributed by atoms with E-state index < -0.39 is 170 Å². The zero-order valence-electron chi connectivity index (χ0n) is 41.5. The molecule has 2 saturated carbocycles. The van der Waals surface area contributed by atoms with Crippen LogP contribution in [0.4, 0.5) is 0 Å². The lowest BCUT2D eigenvalue weighted by Gasteiger charge is -2.48. The first kappa shape index (κ1) is 59.5. The second-order valence-corrected chi connectivity index (χ2v) is 19.0. The molecular formula is C48H67N5O23. The summed E-state index contributed by atoms with van der Waals surface area (Å²) in [6.07, 6.45) is -18.9. The topological polar surface area (TPSA) is 420 Å². The van der Waals surface area contributed by atoms with Gasteiger partial charge in [0, 0.05) is 25.1 Å². The van der Waals surface area contributed by atoms with Crippen molar-refractivity contribution in [2.45, 2.75) is 144 Å². The summed E-state index contributed by atoms with van der Waals surface area (Å²) in [5, 5.41) is 82.0. The smallest absolute Gasteiger partial charge is 0.338 e. The van der Waals surface area contributed by atoms with Crippen LogP contribution in [-0.4, -0.2) is 213 Å². The van der Waals surface area contributed by atoms with Crippen molar-refractivity contribution >= 4 is 35.6 Å². The molecule has 3 amide bonds. The van der Waals surface area contributed by atoms with Crippen LogP contribution in [0.3, 0.4) is 0 Å². The molecule has 1 aromatic heterocycles. The van der Waals surface area contributed by atoms with Crippen molar-refractivity contribution in [3.63, 3.8) is 0 Å². The molecule has 2 saturated heterocycles. The van der Waals surface area contributed by atoms with Crippen molar-refractivity contribution in [2.75, 3.05) is 46.1 Å². The van der Waals surface area contributed by atoms with Gasteiger partial charge < -0.3 is 94.6 Å². The zero-order valence-corrected chi connectivity index (χ0v) is 41.5. The first-order valence-electron chi connectivity index (χ1n) is 25.0. The number of nitrogens with one attached hydrogen (secondary N) is 5. The quantitative estimate of drug-likeness (QED) is 0.0341. The van der Waals surface area contributed by atoms with Gasteiger partial charge in [0.1, 0.15) is 61.6 Å². The predicted octanol–water partition coefficient (Wildman–Crippen LogP) is -3.37. The molecule has 1 aromatic carbocycles. The van der Waals surface area contributed by atoms with E-state index in [0.717, 1.165) is 25.3 Å². The van der Waals surface area contributed by atoms with Crippen molar-refractivity contribution in [3.8, 4) is 0 Å². The minimum absolute atomic E-state index is 0.00321. The summed E-state index contributed by atoms with van der Waals surface area (Å²) in [6.45, 7) is -1.02. The molecule has 0 radical (unpaired) electrons. The van der Waals surface area contributed by atoms with Crippen LogP contribution in [0, 0.1) is 11.8 Å². The van der Waals surface area contributed by atoms with Crippen LogP contribution >= 0.6 is 0 Å². The summed E-state index contributed by atoms with van der Waals surface area (Å²) >= 11 is 0. The normalized spacial score (nSPS) is 30.3. The fourth-order valence-electron chi connectivity index (χ4n) is 9.52. The van der Waals surface area contributed by atoms with Crippen LogP contribution in [0.5, 0.6) is 0 Å². The number of carboxylic acids is 2. The van der Waals surface area contributed by atoms with E-state index in [1.807, 2.05) is 4.98 Å². The molecule has 0 spiro atoms. The number of esters is 1. The van der Waals surface area contributed by atoms with Crippen LogP contribution in [0.25, 0.3) is 0 Å². The maximum Gasteiger partial charge on any atom is 0.338 e. The van der Waals surface area contributed by atoms with Gasteiger partial charge >= 0.3 is 23.6 Å². The van der Waals surface area contributed by atoms with E-state index in [-0.39, 0.29) is 50.6 Å². The average molecular weight is 1080 g/mol. The molecule has 422 valence electrons. The van der Waals surface area contributed by atoms with E-state index in [0.29, 0.717) is 12.8 Å². The Hall–Kier alpha value is -5.76. The lowest BCUT2D eigenvalue weighted by Crippen LogP contribution is -2.65. The molecule has 6 rings (SSSR count). The van der Waals surface area contributed by atoms with Crippen LogP contribution in [-0.2, 0) is 57.1 Å². The third-order valence-electron chi connectivity index (χ3n) is 13.4. The highest BCUT2D eigenvalue weighted by Gasteiger charge is 2.54. The number of hydrogen-bond donors (Lipinski definition) is 12. The molecule has 1 unspecified atom stereocenters. The van der Waals surface area contributed by atoms with Gasteiger partial charge in [-0.25, -0.2) is 19.2 Å². The number of carbonyl (C=O) groups excluding carboxylic acids is 4. The lowest BCUT2D eigenvalue weighted by molar-refractivity contribution is -0.347. The number of carbonyl (C=O) groups is 6. The standard InChI is InChI=1S/C48H67N5O23/c1-23-35(59)37(61)38(62)46(71-23)76-39-27(51-43(64)28-19-32(55)53-48(68)52-28)17-26(42(63)50-13-12-49-33(56)21-69-14-15-70-22-34(57)58)18-29(39)73-47-41(75-45(67)25-10-6-3-7-11-25)40(36(60)31(20-54)74-47)72-30(44(65)66)16-24-8-4-2-5-9-24/h3,6-7,10-11,19,23-24,26-27,29-31,35-41,46-47,54,59-62H,2,4-5,8-9,12-18,20-22H2,1H3,(H,49,56)(H,50,63)(H,51,64)(H,57,58)(H,65,66)(H2,52,53,55,68)/t23-,26?,27-,29+,30-,31+,35+,36-,37+,38-,39+,40-,41+,46-,47+/m0/s1. The Labute approximate surface area is 433 Å². The van der Waals surface area contributed by atoms with E-state index in [1.54, 1.807) is 6.07 Å². The molecule has 12 N–H and O–H groups in total. The molecule has 3 heterocycles. The van der Waals surface area contributed by atoms with Crippen molar-refractivity contribution in [3.05, 3.63) is 68.5 Å². The monoisotopic (exact) mass is 1080 g/mol. The van der Waals surface area contributed by atoms with Crippen LogP contribution in [0.1, 0.15) is 79.1 Å². The van der Waals surface area contributed by atoms with Gasteiger partial charge in [0.05, 0.1) is 43.6 Å². The Balaban J connectivity index is 1.34. The number of ether oxygens (including phenoxy) is 8. The molecule has 28 heteroatoms. The first-order valence-corrected chi connectivity index (χ1v) is 25.0. The van der Waals surface area contributed by atoms with E-state index in [1.165, 1.54) is 31.2 Å². The number of benzene rings is 1. The summed E-state index contributed by atoms with van der Waals surface area (Å²) in [5.41, 5.74) is -2.56. The maximum atomic E-state index is 14.2. The molecular weight excluding hydrogens is 1010 g/mol. The summed E-state index contributed by atoms with van der Waals surface area (Å²) in [5.74, 6) is -7.25. The summed E-state index contributed by atoms with van der Waals surface area (Å²) in [6, 6.07) is 6.84. The fraction of sp³-hybridized carbons (Fsp3) is 0.667. The number of rotatable bonds is 25. The zero-order chi connectivity index (χ0) is 55.1. The van der Waals surface area contributed by atoms with Crippen molar-refractivity contribution in [2.24, 2.45) is 11.8 Å². The minimum atomic E-state index is -1.96. The van der Waals surface area contributed by atoms with Gasteiger partial charge in [-0.2, -0.15) is 0 Å². The SMILES string of the molecule is C[C@@H]1O[C@@H](O[C@@H]2[C@@H](NC(=O)c3cc(=O)[nH]c(=O)[nH]3)CC(C(=O)NCCNC(=O)COCCOCC(=O)O)C[C@H]2O[C@@H]2O[C@H](CO)[C@H](O)[C@H](O[C@@H](CC3CCCCC3)C(=O)O)[C@H]2OC(=O)c2ccccc2)[C@@H](O)[C@H](O)[C@@H]1O. The molecule has 2 aliphatic heterocycles. The van der Waals surface area contributed by atoms with Crippen molar-refractivity contribution < 1.29 is 102 Å². The summed E-state index contributed by atoms with van der Waals surface area (Å²) in [7, 11) is 0. The third kappa shape index (κ3) is 16.6. The van der Waals surface area contributed by atoms with Gasteiger partial charge in [-0.15, -0.1) is 0 Å². The average Bonchev–Trinajstić information content (AvgIpc) is 3.39. The molecule has 76 heavy (non-hydrogen) atoms. The molecule has 4 aliphatic rings. The second kappa shape index (κ2) is 28.6. The first-order chi connectivity index (χ1) is 36.3. The number of aromatic nitrogens is 2. The fourth-order valence-corrected chi connectivity index (χ4v) is 9.52.